The highest BCUT2D eigenvalue weighted by molar-refractivity contribution is 5.96. The van der Waals surface area contributed by atoms with Crippen molar-refractivity contribution < 1.29 is 19.0 Å². The monoisotopic (exact) mass is 378 g/mol. The van der Waals surface area contributed by atoms with Crippen molar-refractivity contribution in [1.29, 1.82) is 0 Å². The molecular formula is C19H30N4O4. The van der Waals surface area contributed by atoms with Gasteiger partial charge in [-0.15, -0.1) is 0 Å². The van der Waals surface area contributed by atoms with Crippen LogP contribution in [-0.2, 0) is 4.79 Å². The summed E-state index contributed by atoms with van der Waals surface area (Å²) in [6.07, 6.45) is 4.59. The lowest BCUT2D eigenvalue weighted by Crippen LogP contribution is -2.38. The van der Waals surface area contributed by atoms with Gasteiger partial charge < -0.3 is 29.7 Å². The molecule has 1 aliphatic carbocycles. The van der Waals surface area contributed by atoms with E-state index in [-0.39, 0.29) is 12.5 Å². The highest BCUT2D eigenvalue weighted by Crippen LogP contribution is 2.39. The molecular weight excluding hydrogens is 348 g/mol. The van der Waals surface area contributed by atoms with Gasteiger partial charge in [0.15, 0.2) is 17.5 Å². The average Bonchev–Trinajstić information content (AvgIpc) is 3.17. The van der Waals surface area contributed by atoms with Crippen molar-refractivity contribution in [2.75, 3.05) is 47.3 Å². The minimum absolute atomic E-state index is 0.0626. The van der Waals surface area contributed by atoms with Gasteiger partial charge in [-0.05, 0) is 12.8 Å². The second-order valence-corrected chi connectivity index (χ2v) is 6.62. The molecule has 150 valence electrons. The van der Waals surface area contributed by atoms with E-state index < -0.39 is 0 Å². The minimum atomic E-state index is -0.0626. The molecule has 0 aliphatic heterocycles. The molecule has 1 fully saturated rings. The predicted molar refractivity (Wildman–Crippen MR) is 106 cm³/mol. The molecule has 27 heavy (non-hydrogen) atoms. The molecule has 1 aromatic rings. The van der Waals surface area contributed by atoms with Crippen LogP contribution in [0.25, 0.3) is 0 Å². The number of hydrogen-bond donors (Lipinski definition) is 2. The Morgan fingerprint density at radius 3 is 2.19 bits per heavy atom. The quantitative estimate of drug-likeness (QED) is 0.558. The molecule has 2 rings (SSSR count). The second-order valence-electron chi connectivity index (χ2n) is 6.62. The second kappa shape index (κ2) is 9.89. The summed E-state index contributed by atoms with van der Waals surface area (Å²) in [7, 11) is 8.14. The molecule has 0 aromatic heterocycles. The lowest BCUT2D eigenvalue weighted by atomic mass is 10.2. The molecule has 1 saturated carbocycles. The number of carbonyl (C=O) groups is 1. The van der Waals surface area contributed by atoms with Gasteiger partial charge in [-0.3, -0.25) is 4.79 Å². The van der Waals surface area contributed by atoms with Gasteiger partial charge >= 0.3 is 0 Å². The number of amides is 1. The molecule has 8 heteroatoms. The number of methoxy groups -OCH3 is 3. The van der Waals surface area contributed by atoms with E-state index in [0.29, 0.717) is 29.2 Å². The molecule has 0 unspecified atom stereocenters. The van der Waals surface area contributed by atoms with Crippen molar-refractivity contribution in [3.05, 3.63) is 12.1 Å². The summed E-state index contributed by atoms with van der Waals surface area (Å²) in [5.74, 6) is 2.11. The van der Waals surface area contributed by atoms with Crippen LogP contribution in [0.3, 0.4) is 0 Å². The van der Waals surface area contributed by atoms with Crippen LogP contribution < -0.4 is 24.8 Å². The third-order valence-electron chi connectivity index (χ3n) is 4.49. The Morgan fingerprint density at radius 2 is 1.70 bits per heavy atom. The van der Waals surface area contributed by atoms with Gasteiger partial charge in [0, 0.05) is 38.0 Å². The maximum atomic E-state index is 11.9. The minimum Gasteiger partial charge on any atom is -0.493 e. The molecule has 0 spiro atoms. The lowest BCUT2D eigenvalue weighted by Gasteiger charge is -2.19. The van der Waals surface area contributed by atoms with E-state index in [1.54, 1.807) is 47.6 Å². The third kappa shape index (κ3) is 5.67. The van der Waals surface area contributed by atoms with Gasteiger partial charge in [-0.1, -0.05) is 12.8 Å². The normalized spacial score (nSPS) is 14.6. The number of carbonyl (C=O) groups excluding carboxylic acids is 1. The first-order chi connectivity index (χ1) is 13.0. The van der Waals surface area contributed by atoms with Gasteiger partial charge in [0.25, 0.3) is 0 Å². The number of aliphatic imine (C=N–C) groups is 1. The lowest BCUT2D eigenvalue weighted by molar-refractivity contribution is -0.127. The number of anilines is 1. The van der Waals surface area contributed by atoms with E-state index in [1.807, 2.05) is 0 Å². The van der Waals surface area contributed by atoms with E-state index >= 15 is 0 Å². The van der Waals surface area contributed by atoms with E-state index in [1.165, 1.54) is 17.7 Å². The highest BCUT2D eigenvalue weighted by atomic mass is 16.5. The van der Waals surface area contributed by atoms with Crippen LogP contribution in [0, 0.1) is 0 Å². The van der Waals surface area contributed by atoms with Crippen LogP contribution in [-0.4, -0.2) is 64.8 Å². The van der Waals surface area contributed by atoms with Crippen molar-refractivity contribution >= 4 is 17.6 Å². The number of nitrogens with one attached hydrogen (secondary N) is 2. The number of nitrogens with zero attached hydrogens (tertiary/aromatic N) is 2. The highest BCUT2D eigenvalue weighted by Gasteiger charge is 2.18. The van der Waals surface area contributed by atoms with Gasteiger partial charge in [0.2, 0.25) is 11.7 Å². The van der Waals surface area contributed by atoms with Gasteiger partial charge in [0.05, 0.1) is 21.3 Å². The molecule has 0 heterocycles. The Labute approximate surface area is 160 Å². The maximum absolute atomic E-state index is 11.9. The molecule has 1 amide bonds. The van der Waals surface area contributed by atoms with Gasteiger partial charge in [0.1, 0.15) is 6.54 Å². The molecule has 0 radical (unpaired) electrons. The zero-order valence-corrected chi connectivity index (χ0v) is 16.8. The summed E-state index contributed by atoms with van der Waals surface area (Å²) in [5.41, 5.74) is 0.728. The van der Waals surface area contributed by atoms with Gasteiger partial charge in [-0.2, -0.15) is 0 Å². The average molecular weight is 378 g/mol. The molecule has 2 N–H and O–H groups in total. The first kappa shape index (κ1) is 20.7. The number of guanidine groups is 1. The number of likely N-dealkylation sites (N-methyl/N-ethyl adjacent to an activating group) is 1. The van der Waals surface area contributed by atoms with Crippen molar-refractivity contribution in [3.63, 3.8) is 0 Å². The first-order valence-corrected chi connectivity index (χ1v) is 9.06. The number of rotatable bonds is 7. The maximum Gasteiger partial charge on any atom is 0.243 e. The van der Waals surface area contributed by atoms with E-state index in [4.69, 9.17) is 14.2 Å². The zero-order chi connectivity index (χ0) is 19.8. The Kier molecular flexibility index (Phi) is 7.57. The summed E-state index contributed by atoms with van der Waals surface area (Å²) < 4.78 is 16.2. The van der Waals surface area contributed by atoms with Crippen LogP contribution >= 0.6 is 0 Å². The van der Waals surface area contributed by atoms with Crippen molar-refractivity contribution in [3.8, 4) is 17.2 Å². The number of ether oxygens (including phenoxy) is 3. The molecule has 8 nitrogen and oxygen atoms in total. The Hall–Kier alpha value is -2.64. The van der Waals surface area contributed by atoms with Crippen LogP contribution in [0.15, 0.2) is 17.1 Å². The van der Waals surface area contributed by atoms with E-state index in [0.717, 1.165) is 18.5 Å². The number of hydrogen-bond acceptors (Lipinski definition) is 5. The van der Waals surface area contributed by atoms with Crippen LogP contribution in [0.4, 0.5) is 5.69 Å². The molecule has 0 bridgehead atoms. The summed E-state index contributed by atoms with van der Waals surface area (Å²) in [5, 5.41) is 6.67. The molecule has 0 atom stereocenters. The summed E-state index contributed by atoms with van der Waals surface area (Å²) in [6.45, 7) is 0.0689. The topological polar surface area (TPSA) is 84.4 Å². The van der Waals surface area contributed by atoms with Gasteiger partial charge in [-0.25, -0.2) is 4.99 Å². The van der Waals surface area contributed by atoms with Crippen LogP contribution in [0.2, 0.25) is 0 Å². The first-order valence-electron chi connectivity index (χ1n) is 9.06. The molecule has 1 aromatic carbocycles. The fourth-order valence-corrected chi connectivity index (χ4v) is 2.96. The van der Waals surface area contributed by atoms with Crippen molar-refractivity contribution in [2.45, 2.75) is 31.7 Å². The SMILES string of the molecule is COc1cc(NC(=NCC(=O)N(C)C)NC2CCCC2)cc(OC)c1OC. The Morgan fingerprint density at radius 1 is 1.11 bits per heavy atom. The molecule has 1 aliphatic rings. The number of benzene rings is 1. The van der Waals surface area contributed by atoms with Crippen molar-refractivity contribution in [1.82, 2.24) is 10.2 Å². The summed E-state index contributed by atoms with van der Waals surface area (Å²) >= 11 is 0. The van der Waals surface area contributed by atoms with Crippen LogP contribution in [0.5, 0.6) is 17.2 Å². The van der Waals surface area contributed by atoms with Crippen molar-refractivity contribution in [2.24, 2.45) is 4.99 Å². The summed E-state index contributed by atoms with van der Waals surface area (Å²) in [4.78, 5) is 17.9. The predicted octanol–water partition coefficient (Wildman–Crippen LogP) is 2.10. The smallest absolute Gasteiger partial charge is 0.243 e. The zero-order valence-electron chi connectivity index (χ0n) is 16.8. The largest absolute Gasteiger partial charge is 0.493 e. The third-order valence-corrected chi connectivity index (χ3v) is 4.49. The standard InChI is InChI=1S/C19H30N4O4/c1-23(2)17(24)12-20-19(21-13-8-6-7-9-13)22-14-10-15(25-3)18(27-5)16(11-14)26-4/h10-11,13H,6-9,12H2,1-5H3,(H2,20,21,22). The fourth-order valence-electron chi connectivity index (χ4n) is 2.96. The van der Waals surface area contributed by atoms with Crippen LogP contribution in [0.1, 0.15) is 25.7 Å². The van der Waals surface area contributed by atoms with E-state index in [9.17, 15) is 4.79 Å². The van der Waals surface area contributed by atoms with E-state index in [2.05, 4.69) is 15.6 Å². The fraction of sp³-hybridized carbons (Fsp3) is 0.579. The Bertz CT molecular complexity index is 645. The molecule has 0 saturated heterocycles. The Balaban J connectivity index is 2.24. The summed E-state index contributed by atoms with van der Waals surface area (Å²) in [6, 6.07) is 3.97.